The van der Waals surface area contributed by atoms with Gasteiger partial charge in [0, 0.05) is 11.1 Å². The van der Waals surface area contributed by atoms with Gasteiger partial charge in [0.25, 0.3) is 0 Å². The van der Waals surface area contributed by atoms with E-state index in [2.05, 4.69) is 6.58 Å². The van der Waals surface area contributed by atoms with E-state index in [1.807, 2.05) is 13.0 Å². The third-order valence-corrected chi connectivity index (χ3v) is 9.97. The SMILES string of the molecule is C=CCCC1CCC(C2CCC(c3ccc(-c4ccc(-c5ccc(OCCCC)c(F)c5F)cc4)c(F)c3F)CC2)CC1. The Labute approximate surface area is 254 Å². The molecular formula is C38H44F4O. The third-order valence-electron chi connectivity index (χ3n) is 9.97. The molecule has 0 bridgehead atoms. The van der Waals surface area contributed by atoms with Crippen LogP contribution >= 0.6 is 0 Å². The molecule has 0 unspecified atom stereocenters. The van der Waals surface area contributed by atoms with Crippen molar-refractivity contribution in [3.63, 3.8) is 0 Å². The Morgan fingerprint density at radius 1 is 0.698 bits per heavy atom. The predicted molar refractivity (Wildman–Crippen MR) is 167 cm³/mol. The van der Waals surface area contributed by atoms with Gasteiger partial charge in [0.05, 0.1) is 6.61 Å². The molecule has 0 amide bonds. The van der Waals surface area contributed by atoms with Crippen molar-refractivity contribution in [2.24, 2.45) is 17.8 Å². The maximum absolute atomic E-state index is 15.4. The summed E-state index contributed by atoms with van der Waals surface area (Å²) in [5, 5.41) is 0. The fourth-order valence-corrected chi connectivity index (χ4v) is 7.33. The number of ether oxygens (including phenoxy) is 1. The van der Waals surface area contributed by atoms with E-state index in [0.29, 0.717) is 29.2 Å². The average Bonchev–Trinajstić information content (AvgIpc) is 3.04. The molecule has 2 saturated carbocycles. The maximum Gasteiger partial charge on any atom is 0.201 e. The smallest absolute Gasteiger partial charge is 0.201 e. The Morgan fingerprint density at radius 3 is 1.84 bits per heavy atom. The average molecular weight is 593 g/mol. The highest BCUT2D eigenvalue weighted by Crippen LogP contribution is 2.45. The highest BCUT2D eigenvalue weighted by Gasteiger charge is 2.32. The van der Waals surface area contributed by atoms with Crippen molar-refractivity contribution < 1.29 is 22.3 Å². The number of unbranched alkanes of at least 4 members (excludes halogenated alkanes) is 1. The molecule has 5 rings (SSSR count). The molecule has 43 heavy (non-hydrogen) atoms. The normalized spacial score (nSPS) is 22.3. The van der Waals surface area contributed by atoms with Crippen molar-refractivity contribution in [1.82, 2.24) is 0 Å². The minimum Gasteiger partial charge on any atom is -0.490 e. The van der Waals surface area contributed by atoms with Crippen LogP contribution in [0.4, 0.5) is 17.6 Å². The van der Waals surface area contributed by atoms with Crippen LogP contribution in [-0.2, 0) is 0 Å². The summed E-state index contributed by atoms with van der Waals surface area (Å²) < 4.78 is 65.6. The van der Waals surface area contributed by atoms with Crippen molar-refractivity contribution in [1.29, 1.82) is 0 Å². The fraction of sp³-hybridized carbons (Fsp3) is 0.474. The lowest BCUT2D eigenvalue weighted by Gasteiger charge is -2.38. The molecule has 0 N–H and O–H groups in total. The van der Waals surface area contributed by atoms with E-state index in [-0.39, 0.29) is 22.8 Å². The van der Waals surface area contributed by atoms with E-state index in [0.717, 1.165) is 56.8 Å². The summed E-state index contributed by atoms with van der Waals surface area (Å²) in [5.74, 6) is -1.40. The second kappa shape index (κ2) is 14.6. The summed E-state index contributed by atoms with van der Waals surface area (Å²) in [6.07, 6.45) is 15.2. The van der Waals surface area contributed by atoms with Crippen LogP contribution in [-0.4, -0.2) is 6.61 Å². The topological polar surface area (TPSA) is 9.23 Å². The zero-order chi connectivity index (χ0) is 30.3. The third kappa shape index (κ3) is 7.19. The van der Waals surface area contributed by atoms with Gasteiger partial charge in [0.15, 0.2) is 23.2 Å². The minimum atomic E-state index is -1.03. The van der Waals surface area contributed by atoms with Crippen molar-refractivity contribution in [2.75, 3.05) is 6.61 Å². The molecule has 2 aliphatic rings. The molecule has 0 saturated heterocycles. The van der Waals surface area contributed by atoms with Gasteiger partial charge in [-0.1, -0.05) is 68.7 Å². The van der Waals surface area contributed by atoms with Gasteiger partial charge >= 0.3 is 0 Å². The number of allylic oxidation sites excluding steroid dienone is 1. The first-order valence-electron chi connectivity index (χ1n) is 16.2. The molecule has 1 nitrogen and oxygen atoms in total. The Balaban J connectivity index is 1.22. The van der Waals surface area contributed by atoms with Crippen LogP contribution in [0.5, 0.6) is 5.75 Å². The summed E-state index contributed by atoms with van der Waals surface area (Å²) in [4.78, 5) is 0. The second-order valence-corrected chi connectivity index (χ2v) is 12.6. The van der Waals surface area contributed by atoms with E-state index < -0.39 is 23.3 Å². The maximum atomic E-state index is 15.4. The van der Waals surface area contributed by atoms with Crippen LogP contribution in [0.15, 0.2) is 61.2 Å². The first-order chi connectivity index (χ1) is 20.9. The van der Waals surface area contributed by atoms with E-state index in [9.17, 15) is 8.78 Å². The lowest BCUT2D eigenvalue weighted by Crippen LogP contribution is -2.25. The number of rotatable bonds is 11. The molecule has 230 valence electrons. The number of hydrogen-bond donors (Lipinski definition) is 0. The van der Waals surface area contributed by atoms with E-state index in [1.54, 1.807) is 36.4 Å². The molecule has 3 aromatic carbocycles. The quantitative estimate of drug-likeness (QED) is 0.122. The van der Waals surface area contributed by atoms with Crippen molar-refractivity contribution in [3.05, 3.63) is 90.0 Å². The molecule has 0 atom stereocenters. The molecular weight excluding hydrogens is 548 g/mol. The summed E-state index contributed by atoms with van der Waals surface area (Å²) in [7, 11) is 0. The van der Waals surface area contributed by atoms with Gasteiger partial charge in [0.2, 0.25) is 5.82 Å². The van der Waals surface area contributed by atoms with Crippen LogP contribution in [0.3, 0.4) is 0 Å². The molecule has 0 aromatic heterocycles. The molecule has 0 aliphatic heterocycles. The van der Waals surface area contributed by atoms with Gasteiger partial charge in [-0.3, -0.25) is 0 Å². The van der Waals surface area contributed by atoms with Gasteiger partial charge in [-0.15, -0.1) is 6.58 Å². The molecule has 0 spiro atoms. The van der Waals surface area contributed by atoms with Gasteiger partial charge < -0.3 is 4.74 Å². The van der Waals surface area contributed by atoms with Crippen LogP contribution in [0, 0.1) is 41.0 Å². The Bertz CT molecular complexity index is 1370. The minimum absolute atomic E-state index is 0.0397. The van der Waals surface area contributed by atoms with Crippen LogP contribution in [0.1, 0.15) is 95.5 Å². The first kappa shape index (κ1) is 31.3. The summed E-state index contributed by atoms with van der Waals surface area (Å²) in [5.41, 5.74) is 1.66. The molecule has 2 aliphatic carbocycles. The van der Waals surface area contributed by atoms with E-state index in [1.165, 1.54) is 44.2 Å². The van der Waals surface area contributed by atoms with Crippen molar-refractivity contribution in [3.8, 4) is 28.0 Å². The number of benzene rings is 3. The van der Waals surface area contributed by atoms with Crippen molar-refractivity contribution in [2.45, 2.75) is 89.9 Å². The summed E-state index contributed by atoms with van der Waals surface area (Å²) in [6.45, 7) is 6.16. The van der Waals surface area contributed by atoms with Gasteiger partial charge in [-0.2, -0.15) is 4.39 Å². The highest BCUT2D eigenvalue weighted by atomic mass is 19.2. The second-order valence-electron chi connectivity index (χ2n) is 12.6. The fourth-order valence-electron chi connectivity index (χ4n) is 7.33. The lowest BCUT2D eigenvalue weighted by atomic mass is 9.68. The largest absolute Gasteiger partial charge is 0.490 e. The standard InChI is InChI=1S/C38H44F4O/c1-3-5-7-25-8-10-26(11-9-25)27-12-14-28(15-13-27)31-20-21-32(36(40)35(31)39)29-16-18-30(19-17-29)33-22-23-34(38(42)37(33)41)43-24-6-4-2/h3,16-23,25-28H,1,4-15,24H2,2H3. The summed E-state index contributed by atoms with van der Waals surface area (Å²) in [6, 6.07) is 12.7. The van der Waals surface area contributed by atoms with E-state index in [4.69, 9.17) is 4.74 Å². The molecule has 0 heterocycles. The molecule has 3 aromatic rings. The predicted octanol–water partition coefficient (Wildman–Crippen LogP) is 11.8. The molecule has 5 heteroatoms. The van der Waals surface area contributed by atoms with Crippen LogP contribution in [0.2, 0.25) is 0 Å². The van der Waals surface area contributed by atoms with Crippen LogP contribution < -0.4 is 4.74 Å². The van der Waals surface area contributed by atoms with E-state index >= 15 is 8.78 Å². The first-order valence-corrected chi connectivity index (χ1v) is 16.2. The number of hydrogen-bond acceptors (Lipinski definition) is 1. The number of halogens is 4. The van der Waals surface area contributed by atoms with Gasteiger partial charge in [-0.25, -0.2) is 13.2 Å². The monoisotopic (exact) mass is 592 g/mol. The van der Waals surface area contributed by atoms with Crippen LogP contribution in [0.25, 0.3) is 22.3 Å². The Kier molecular flexibility index (Phi) is 10.6. The Morgan fingerprint density at radius 2 is 1.26 bits per heavy atom. The zero-order valence-electron chi connectivity index (χ0n) is 25.3. The lowest BCUT2D eigenvalue weighted by molar-refractivity contribution is 0.156. The van der Waals surface area contributed by atoms with Crippen molar-refractivity contribution >= 4 is 0 Å². The van der Waals surface area contributed by atoms with Gasteiger partial charge in [-0.05, 0) is 110 Å². The Hall–Kier alpha value is -3.08. The summed E-state index contributed by atoms with van der Waals surface area (Å²) >= 11 is 0. The zero-order valence-corrected chi connectivity index (χ0v) is 25.3. The molecule has 0 radical (unpaired) electrons. The highest BCUT2D eigenvalue weighted by molar-refractivity contribution is 5.72. The van der Waals surface area contributed by atoms with Gasteiger partial charge in [0.1, 0.15) is 0 Å². The molecule has 2 fully saturated rings.